The van der Waals surface area contributed by atoms with E-state index in [4.69, 9.17) is 4.42 Å². The molecule has 0 saturated carbocycles. The van der Waals surface area contributed by atoms with Crippen molar-refractivity contribution in [3.63, 3.8) is 0 Å². The molecule has 0 amide bonds. The van der Waals surface area contributed by atoms with Crippen molar-refractivity contribution in [1.29, 1.82) is 0 Å². The first-order valence-corrected chi connectivity index (χ1v) is 8.92. The number of pyridine rings is 1. The topological polar surface area (TPSA) is 41.3 Å². The molecule has 4 heteroatoms. The average molecular weight is 333 g/mol. The van der Waals surface area contributed by atoms with Crippen LogP contribution in [0.3, 0.4) is 0 Å². The van der Waals surface area contributed by atoms with Gasteiger partial charge in [0.15, 0.2) is 0 Å². The van der Waals surface area contributed by atoms with E-state index < -0.39 is 0 Å². The zero-order chi connectivity index (χ0) is 16.9. The minimum atomic E-state index is 0.533. The van der Waals surface area contributed by atoms with Crippen LogP contribution >= 0.6 is 0 Å². The van der Waals surface area contributed by atoms with E-state index in [1.807, 2.05) is 36.5 Å². The van der Waals surface area contributed by atoms with E-state index in [2.05, 4.69) is 45.5 Å². The fraction of sp³-hybridized carbons (Fsp3) is 0.286. The Morgan fingerprint density at radius 1 is 0.960 bits per heavy atom. The number of anilines is 1. The third-order valence-electron chi connectivity index (χ3n) is 4.75. The lowest BCUT2D eigenvalue weighted by molar-refractivity contribution is 0.390. The minimum Gasteiger partial charge on any atom is -0.460 e. The summed E-state index contributed by atoms with van der Waals surface area (Å²) < 4.78 is 5.97. The maximum absolute atomic E-state index is 5.97. The van der Waals surface area contributed by atoms with E-state index in [0.29, 0.717) is 6.04 Å². The lowest BCUT2D eigenvalue weighted by Gasteiger charge is -2.33. The van der Waals surface area contributed by atoms with Crippen LogP contribution in [0.25, 0.3) is 11.3 Å². The fourth-order valence-corrected chi connectivity index (χ4v) is 3.33. The van der Waals surface area contributed by atoms with Crippen molar-refractivity contribution in [2.75, 3.05) is 18.0 Å². The van der Waals surface area contributed by atoms with Crippen molar-refractivity contribution >= 4 is 5.82 Å². The van der Waals surface area contributed by atoms with E-state index in [1.54, 1.807) is 0 Å². The summed E-state index contributed by atoms with van der Waals surface area (Å²) in [5.74, 6) is 3.01. The average Bonchev–Trinajstić information content (AvgIpc) is 3.17. The molecule has 4 rings (SSSR count). The molecule has 0 unspecified atom stereocenters. The first-order valence-electron chi connectivity index (χ1n) is 8.92. The Balaban J connectivity index is 1.28. The molecule has 128 valence electrons. The summed E-state index contributed by atoms with van der Waals surface area (Å²) in [5.41, 5.74) is 1.12. The van der Waals surface area contributed by atoms with Crippen LogP contribution in [-0.2, 0) is 6.54 Å². The second kappa shape index (κ2) is 7.53. The summed E-state index contributed by atoms with van der Waals surface area (Å²) in [7, 11) is 0. The molecule has 3 aromatic rings. The van der Waals surface area contributed by atoms with Crippen LogP contribution in [-0.4, -0.2) is 24.1 Å². The van der Waals surface area contributed by atoms with Gasteiger partial charge in [0.05, 0.1) is 6.54 Å². The predicted octanol–water partition coefficient (Wildman–Crippen LogP) is 4.10. The Morgan fingerprint density at radius 2 is 1.76 bits per heavy atom. The quantitative estimate of drug-likeness (QED) is 0.763. The van der Waals surface area contributed by atoms with Gasteiger partial charge < -0.3 is 14.6 Å². The van der Waals surface area contributed by atoms with Gasteiger partial charge in [-0.3, -0.25) is 0 Å². The number of hydrogen-bond acceptors (Lipinski definition) is 4. The molecule has 0 aliphatic carbocycles. The highest BCUT2D eigenvalue weighted by molar-refractivity contribution is 5.57. The summed E-state index contributed by atoms with van der Waals surface area (Å²) in [4.78, 5) is 6.80. The summed E-state index contributed by atoms with van der Waals surface area (Å²) in [6, 6.07) is 21.0. The van der Waals surface area contributed by atoms with Crippen LogP contribution in [0, 0.1) is 0 Å². The van der Waals surface area contributed by atoms with Gasteiger partial charge in [-0.25, -0.2) is 4.98 Å². The van der Waals surface area contributed by atoms with Crippen LogP contribution in [0.15, 0.2) is 71.3 Å². The number of hydrogen-bond donors (Lipinski definition) is 1. The van der Waals surface area contributed by atoms with E-state index in [0.717, 1.165) is 55.4 Å². The molecule has 1 aliphatic rings. The number of rotatable bonds is 5. The molecule has 0 spiro atoms. The molecule has 0 radical (unpaired) electrons. The summed E-state index contributed by atoms with van der Waals surface area (Å²) >= 11 is 0. The van der Waals surface area contributed by atoms with Crippen LogP contribution < -0.4 is 10.2 Å². The smallest absolute Gasteiger partial charge is 0.134 e. The molecule has 0 atom stereocenters. The number of nitrogens with zero attached hydrogens (tertiary/aromatic N) is 2. The van der Waals surface area contributed by atoms with Crippen LogP contribution in [0.1, 0.15) is 18.6 Å². The van der Waals surface area contributed by atoms with E-state index >= 15 is 0 Å². The second-order valence-corrected chi connectivity index (χ2v) is 6.46. The molecule has 3 heterocycles. The van der Waals surface area contributed by atoms with Gasteiger partial charge in [-0.2, -0.15) is 0 Å². The fourth-order valence-electron chi connectivity index (χ4n) is 3.33. The Bertz CT molecular complexity index is 777. The molecule has 1 saturated heterocycles. The number of aromatic nitrogens is 1. The van der Waals surface area contributed by atoms with Gasteiger partial charge in [0.2, 0.25) is 0 Å². The first-order chi connectivity index (χ1) is 12.4. The number of piperidine rings is 1. The summed E-state index contributed by atoms with van der Waals surface area (Å²) in [5, 5.41) is 3.63. The van der Waals surface area contributed by atoms with Gasteiger partial charge in [-0.15, -0.1) is 0 Å². The number of benzene rings is 1. The van der Waals surface area contributed by atoms with Gasteiger partial charge in [0.1, 0.15) is 17.3 Å². The molecular formula is C21H23N3O. The van der Waals surface area contributed by atoms with Gasteiger partial charge in [-0.05, 0) is 37.1 Å². The Kier molecular flexibility index (Phi) is 4.79. The molecule has 25 heavy (non-hydrogen) atoms. The van der Waals surface area contributed by atoms with Crippen molar-refractivity contribution in [1.82, 2.24) is 10.3 Å². The van der Waals surface area contributed by atoms with E-state index in [-0.39, 0.29) is 0 Å². The van der Waals surface area contributed by atoms with E-state index in [1.165, 1.54) is 0 Å². The van der Waals surface area contributed by atoms with Gasteiger partial charge in [-0.1, -0.05) is 36.4 Å². The SMILES string of the molecule is c1ccc(-c2ccc(CNC3CCN(c4ccccn4)CC3)o2)cc1. The molecule has 1 aromatic carbocycles. The van der Waals surface area contributed by atoms with Crippen LogP contribution in [0.5, 0.6) is 0 Å². The molecule has 1 fully saturated rings. The highest BCUT2D eigenvalue weighted by atomic mass is 16.3. The zero-order valence-corrected chi connectivity index (χ0v) is 14.3. The van der Waals surface area contributed by atoms with Crippen molar-refractivity contribution in [2.24, 2.45) is 0 Å². The lowest BCUT2D eigenvalue weighted by Crippen LogP contribution is -2.42. The third-order valence-corrected chi connectivity index (χ3v) is 4.75. The maximum Gasteiger partial charge on any atom is 0.134 e. The third kappa shape index (κ3) is 3.91. The van der Waals surface area contributed by atoms with Gasteiger partial charge in [0, 0.05) is 30.9 Å². The van der Waals surface area contributed by atoms with Crippen LogP contribution in [0.2, 0.25) is 0 Å². The largest absolute Gasteiger partial charge is 0.460 e. The molecule has 1 aliphatic heterocycles. The molecule has 1 N–H and O–H groups in total. The number of furan rings is 1. The summed E-state index contributed by atoms with van der Waals surface area (Å²) in [6.07, 6.45) is 4.12. The summed E-state index contributed by atoms with van der Waals surface area (Å²) in [6.45, 7) is 2.87. The maximum atomic E-state index is 5.97. The molecule has 0 bridgehead atoms. The molecule has 2 aromatic heterocycles. The van der Waals surface area contributed by atoms with E-state index in [9.17, 15) is 0 Å². The lowest BCUT2D eigenvalue weighted by atomic mass is 10.0. The standard InChI is InChI=1S/C21H23N3O/c1-2-6-17(7-3-1)20-10-9-19(25-20)16-23-18-11-14-24(15-12-18)21-8-4-5-13-22-21/h1-10,13,18,23H,11-12,14-16H2. The minimum absolute atomic E-state index is 0.533. The predicted molar refractivity (Wildman–Crippen MR) is 100 cm³/mol. The number of nitrogens with one attached hydrogen (secondary N) is 1. The normalized spacial score (nSPS) is 15.4. The molecule has 4 nitrogen and oxygen atoms in total. The zero-order valence-electron chi connectivity index (χ0n) is 14.3. The van der Waals surface area contributed by atoms with Gasteiger partial charge in [0.25, 0.3) is 0 Å². The highest BCUT2D eigenvalue weighted by Crippen LogP contribution is 2.22. The Labute approximate surface area is 148 Å². The highest BCUT2D eigenvalue weighted by Gasteiger charge is 2.19. The van der Waals surface area contributed by atoms with Crippen molar-refractivity contribution in [3.8, 4) is 11.3 Å². The monoisotopic (exact) mass is 333 g/mol. The Hall–Kier alpha value is -2.59. The van der Waals surface area contributed by atoms with Crippen molar-refractivity contribution in [3.05, 3.63) is 72.6 Å². The van der Waals surface area contributed by atoms with Gasteiger partial charge >= 0.3 is 0 Å². The molecular weight excluding hydrogens is 310 g/mol. The second-order valence-electron chi connectivity index (χ2n) is 6.46. The van der Waals surface area contributed by atoms with Crippen LogP contribution in [0.4, 0.5) is 5.82 Å². The van der Waals surface area contributed by atoms with Crippen molar-refractivity contribution in [2.45, 2.75) is 25.4 Å². The first kappa shape index (κ1) is 15.9. The Morgan fingerprint density at radius 3 is 2.52 bits per heavy atom. The van der Waals surface area contributed by atoms with Crippen molar-refractivity contribution < 1.29 is 4.42 Å².